The molecular weight excluding hydrogens is 258 g/mol. The van der Waals surface area contributed by atoms with Crippen LogP contribution in [0.2, 0.25) is 0 Å². The summed E-state index contributed by atoms with van der Waals surface area (Å²) in [6.45, 7) is 2.87. The first-order chi connectivity index (χ1) is 9.71. The highest BCUT2D eigenvalue weighted by molar-refractivity contribution is 5.35. The summed E-state index contributed by atoms with van der Waals surface area (Å²) >= 11 is 0. The van der Waals surface area contributed by atoms with Crippen LogP contribution < -0.4 is 20.5 Å². The molecular formula is C13H17N5O2. The first kappa shape index (κ1) is 13.9. The molecule has 2 rings (SSSR count). The molecule has 0 saturated heterocycles. The molecule has 3 N–H and O–H groups in total. The summed E-state index contributed by atoms with van der Waals surface area (Å²) in [4.78, 5) is 12.0. The molecule has 20 heavy (non-hydrogen) atoms. The number of aromatic nitrogens is 3. The smallest absolute Gasteiger partial charge is 0.323 e. The zero-order valence-electron chi connectivity index (χ0n) is 11.5. The third-order valence-corrected chi connectivity index (χ3v) is 2.49. The quantitative estimate of drug-likeness (QED) is 0.824. The van der Waals surface area contributed by atoms with E-state index in [-0.39, 0.29) is 12.0 Å². The van der Waals surface area contributed by atoms with E-state index in [4.69, 9.17) is 15.2 Å². The fourth-order valence-electron chi connectivity index (χ4n) is 1.61. The maximum absolute atomic E-state index is 5.60. The molecule has 7 nitrogen and oxygen atoms in total. The third-order valence-electron chi connectivity index (χ3n) is 2.49. The summed E-state index contributed by atoms with van der Waals surface area (Å²) in [6, 6.07) is 7.93. The molecule has 1 aromatic carbocycles. The van der Waals surface area contributed by atoms with E-state index in [0.717, 1.165) is 11.3 Å². The molecule has 0 fully saturated rings. The Morgan fingerprint density at radius 2 is 2.10 bits per heavy atom. The van der Waals surface area contributed by atoms with E-state index in [2.05, 4.69) is 20.3 Å². The number of nitrogens with two attached hydrogens (primary N) is 1. The van der Waals surface area contributed by atoms with Gasteiger partial charge in [-0.2, -0.15) is 15.0 Å². The zero-order chi connectivity index (χ0) is 14.4. The van der Waals surface area contributed by atoms with Crippen molar-refractivity contribution in [3.05, 3.63) is 29.8 Å². The minimum Gasteiger partial charge on any atom is -0.497 e. The molecule has 0 aliphatic rings. The van der Waals surface area contributed by atoms with Crippen LogP contribution >= 0.6 is 0 Å². The van der Waals surface area contributed by atoms with Crippen molar-refractivity contribution in [1.29, 1.82) is 0 Å². The van der Waals surface area contributed by atoms with Gasteiger partial charge < -0.3 is 20.5 Å². The van der Waals surface area contributed by atoms with Gasteiger partial charge in [-0.1, -0.05) is 12.1 Å². The molecule has 2 aromatic rings. The van der Waals surface area contributed by atoms with Crippen LogP contribution in [-0.2, 0) is 6.54 Å². The molecule has 0 amide bonds. The number of hydrogen-bond donors (Lipinski definition) is 2. The van der Waals surface area contributed by atoms with E-state index in [9.17, 15) is 0 Å². The van der Waals surface area contributed by atoms with Gasteiger partial charge in [0.05, 0.1) is 13.7 Å². The summed E-state index contributed by atoms with van der Waals surface area (Å²) in [5, 5.41) is 3.07. The lowest BCUT2D eigenvalue weighted by Crippen LogP contribution is -2.09. The van der Waals surface area contributed by atoms with E-state index in [0.29, 0.717) is 19.1 Å². The largest absolute Gasteiger partial charge is 0.497 e. The second-order valence-electron chi connectivity index (χ2n) is 3.94. The number of benzene rings is 1. The van der Waals surface area contributed by atoms with Crippen molar-refractivity contribution in [2.75, 3.05) is 24.8 Å². The van der Waals surface area contributed by atoms with Crippen LogP contribution in [0.4, 0.5) is 11.9 Å². The monoisotopic (exact) mass is 275 g/mol. The molecule has 1 heterocycles. The van der Waals surface area contributed by atoms with E-state index < -0.39 is 0 Å². The molecule has 0 atom stereocenters. The van der Waals surface area contributed by atoms with Crippen LogP contribution in [0.5, 0.6) is 11.8 Å². The number of nitrogen functional groups attached to an aromatic ring is 1. The molecule has 106 valence electrons. The lowest BCUT2D eigenvalue weighted by atomic mass is 10.2. The maximum Gasteiger partial charge on any atom is 0.323 e. The highest BCUT2D eigenvalue weighted by Crippen LogP contribution is 2.14. The summed E-state index contributed by atoms with van der Waals surface area (Å²) < 4.78 is 10.4. The average Bonchev–Trinajstić information content (AvgIpc) is 2.45. The zero-order valence-corrected chi connectivity index (χ0v) is 11.5. The van der Waals surface area contributed by atoms with Crippen LogP contribution in [0.1, 0.15) is 12.5 Å². The Balaban J connectivity index is 2.06. The Labute approximate surface area is 117 Å². The lowest BCUT2D eigenvalue weighted by Gasteiger charge is -2.08. The molecule has 0 aliphatic carbocycles. The predicted octanol–water partition coefficient (Wildman–Crippen LogP) is 1.47. The van der Waals surface area contributed by atoms with Gasteiger partial charge in [-0.15, -0.1) is 0 Å². The molecule has 7 heteroatoms. The molecule has 1 aromatic heterocycles. The van der Waals surface area contributed by atoms with Crippen molar-refractivity contribution >= 4 is 11.9 Å². The number of methoxy groups -OCH3 is 1. The van der Waals surface area contributed by atoms with Crippen molar-refractivity contribution in [3.8, 4) is 11.8 Å². The standard InChI is InChI=1S/C13H17N5O2/c1-3-20-13-17-11(14)16-12(18-13)15-8-9-5-4-6-10(7-9)19-2/h4-7H,3,8H2,1-2H3,(H3,14,15,16,17,18). The van der Waals surface area contributed by atoms with E-state index in [1.807, 2.05) is 31.2 Å². The molecule has 0 saturated carbocycles. The molecule has 0 unspecified atom stereocenters. The van der Waals surface area contributed by atoms with Crippen molar-refractivity contribution < 1.29 is 9.47 Å². The fourth-order valence-corrected chi connectivity index (χ4v) is 1.61. The SMILES string of the molecule is CCOc1nc(N)nc(NCc2cccc(OC)c2)n1. The summed E-state index contributed by atoms with van der Waals surface area (Å²) in [5.41, 5.74) is 6.64. The van der Waals surface area contributed by atoms with Gasteiger partial charge in [0, 0.05) is 6.54 Å². The van der Waals surface area contributed by atoms with Gasteiger partial charge in [0.2, 0.25) is 11.9 Å². The van der Waals surface area contributed by atoms with Gasteiger partial charge in [0.15, 0.2) is 0 Å². The Bertz CT molecular complexity index is 576. The average molecular weight is 275 g/mol. The van der Waals surface area contributed by atoms with Gasteiger partial charge in [0.25, 0.3) is 0 Å². The first-order valence-corrected chi connectivity index (χ1v) is 6.22. The Morgan fingerprint density at radius 1 is 1.25 bits per heavy atom. The van der Waals surface area contributed by atoms with Gasteiger partial charge in [-0.3, -0.25) is 0 Å². The second-order valence-corrected chi connectivity index (χ2v) is 3.94. The number of hydrogen-bond acceptors (Lipinski definition) is 7. The lowest BCUT2D eigenvalue weighted by molar-refractivity contribution is 0.312. The predicted molar refractivity (Wildman–Crippen MR) is 75.7 cm³/mol. The minimum atomic E-state index is 0.122. The maximum atomic E-state index is 5.60. The van der Waals surface area contributed by atoms with E-state index in [1.54, 1.807) is 7.11 Å². The summed E-state index contributed by atoms with van der Waals surface area (Å²) in [6.07, 6.45) is 0. The number of nitrogens with zero attached hydrogens (tertiary/aromatic N) is 3. The van der Waals surface area contributed by atoms with Crippen molar-refractivity contribution in [1.82, 2.24) is 15.0 Å². The van der Waals surface area contributed by atoms with Crippen LogP contribution in [-0.4, -0.2) is 28.7 Å². The molecule has 0 spiro atoms. The normalized spacial score (nSPS) is 10.1. The number of rotatable bonds is 6. The van der Waals surface area contributed by atoms with Crippen molar-refractivity contribution in [2.24, 2.45) is 0 Å². The van der Waals surface area contributed by atoms with Crippen LogP contribution in [0.25, 0.3) is 0 Å². The van der Waals surface area contributed by atoms with E-state index in [1.165, 1.54) is 0 Å². The Kier molecular flexibility index (Phi) is 4.54. The Morgan fingerprint density at radius 3 is 2.85 bits per heavy atom. The van der Waals surface area contributed by atoms with Gasteiger partial charge in [-0.05, 0) is 24.6 Å². The number of ether oxygens (including phenoxy) is 2. The van der Waals surface area contributed by atoms with Crippen LogP contribution in [0.15, 0.2) is 24.3 Å². The van der Waals surface area contributed by atoms with E-state index >= 15 is 0 Å². The highest BCUT2D eigenvalue weighted by atomic mass is 16.5. The highest BCUT2D eigenvalue weighted by Gasteiger charge is 2.05. The van der Waals surface area contributed by atoms with Crippen LogP contribution in [0.3, 0.4) is 0 Å². The molecule has 0 bridgehead atoms. The summed E-state index contributed by atoms with van der Waals surface area (Å²) in [7, 11) is 1.63. The third kappa shape index (κ3) is 3.71. The van der Waals surface area contributed by atoms with Crippen LogP contribution in [0, 0.1) is 0 Å². The minimum absolute atomic E-state index is 0.122. The van der Waals surface area contributed by atoms with Crippen molar-refractivity contribution in [2.45, 2.75) is 13.5 Å². The van der Waals surface area contributed by atoms with Crippen molar-refractivity contribution in [3.63, 3.8) is 0 Å². The second kappa shape index (κ2) is 6.55. The Hall–Kier alpha value is -2.57. The van der Waals surface area contributed by atoms with Gasteiger partial charge in [-0.25, -0.2) is 0 Å². The number of nitrogens with one attached hydrogen (secondary N) is 1. The number of anilines is 2. The van der Waals surface area contributed by atoms with Gasteiger partial charge >= 0.3 is 6.01 Å². The first-order valence-electron chi connectivity index (χ1n) is 6.22. The summed E-state index contributed by atoms with van der Waals surface area (Å²) in [5.74, 6) is 1.30. The molecule has 0 radical (unpaired) electrons. The molecule has 0 aliphatic heterocycles. The topological polar surface area (TPSA) is 95.2 Å². The van der Waals surface area contributed by atoms with Gasteiger partial charge in [0.1, 0.15) is 5.75 Å². The fraction of sp³-hybridized carbons (Fsp3) is 0.308.